The van der Waals surface area contributed by atoms with Crippen LogP contribution in [0.1, 0.15) is 77.0 Å². The van der Waals surface area contributed by atoms with Gasteiger partial charge in [-0.3, -0.25) is 0 Å². The van der Waals surface area contributed by atoms with Crippen LogP contribution in [0.25, 0.3) is 21.5 Å². The molecular weight excluding hydrogens is 576 g/mol. The Balaban J connectivity index is 0.883. The lowest BCUT2D eigenvalue weighted by Gasteiger charge is -2.56. The summed E-state index contributed by atoms with van der Waals surface area (Å²) >= 11 is 0. The molecule has 8 bridgehead atoms. The first-order chi connectivity index (χ1) is 22.4. The molecule has 3 aromatic carbocycles. The summed E-state index contributed by atoms with van der Waals surface area (Å²) in [5.74, 6) is 5.58. The summed E-state index contributed by atoms with van der Waals surface area (Å²) in [6.07, 6.45) is 15.5. The third-order valence-corrected chi connectivity index (χ3v) is 12.9. The van der Waals surface area contributed by atoms with Gasteiger partial charge in [-0.2, -0.15) is 0 Å². The maximum Gasteiger partial charge on any atom is 0.344 e. The molecule has 6 heteroatoms. The van der Waals surface area contributed by atoms with Crippen molar-refractivity contribution in [2.45, 2.75) is 77.0 Å². The zero-order chi connectivity index (χ0) is 30.9. The van der Waals surface area contributed by atoms with E-state index in [4.69, 9.17) is 18.9 Å². The summed E-state index contributed by atoms with van der Waals surface area (Å²) in [5.41, 5.74) is 0.359. The van der Waals surface area contributed by atoms with Gasteiger partial charge in [-0.05, 0) is 113 Å². The van der Waals surface area contributed by atoms with Crippen molar-refractivity contribution in [3.63, 3.8) is 0 Å². The molecule has 242 valence electrons. The predicted molar refractivity (Wildman–Crippen MR) is 176 cm³/mol. The van der Waals surface area contributed by atoms with Crippen LogP contribution in [-0.2, 0) is 19.1 Å². The van der Waals surface area contributed by atoms with Crippen molar-refractivity contribution in [2.75, 3.05) is 26.4 Å². The van der Waals surface area contributed by atoms with Gasteiger partial charge in [-0.15, -0.1) is 0 Å². The number of fused-ring (bicyclic) bond motifs is 2. The zero-order valence-corrected chi connectivity index (χ0v) is 26.8. The van der Waals surface area contributed by atoms with Crippen molar-refractivity contribution in [3.8, 4) is 11.5 Å². The highest BCUT2D eigenvalue weighted by molar-refractivity contribution is 6.11. The first-order valence-corrected chi connectivity index (χ1v) is 17.9. The number of ether oxygens (including phenoxy) is 4. The fourth-order valence-corrected chi connectivity index (χ4v) is 12.1. The number of hydrogen-bond donors (Lipinski definition) is 0. The van der Waals surface area contributed by atoms with Crippen LogP contribution in [0.15, 0.2) is 48.5 Å². The third kappa shape index (κ3) is 5.24. The number of rotatable bonds is 10. The van der Waals surface area contributed by atoms with Gasteiger partial charge < -0.3 is 18.9 Å². The van der Waals surface area contributed by atoms with Crippen molar-refractivity contribution >= 4 is 33.5 Å². The fourth-order valence-electron chi connectivity index (χ4n) is 12.1. The SMILES string of the molecule is O=C(COc1c2ccccc2c(OCC(=O)OCC23CC4CC(CC(C4)C2)C3)c2ccccc12)OCC12CC3CC(CC(C3)C1)C2. The van der Waals surface area contributed by atoms with Crippen molar-refractivity contribution in [3.05, 3.63) is 48.5 Å². The molecule has 8 aliphatic carbocycles. The molecule has 8 fully saturated rings. The second-order valence-corrected chi connectivity index (χ2v) is 16.5. The number of carbonyl (C=O) groups is 2. The summed E-state index contributed by atoms with van der Waals surface area (Å²) < 4.78 is 24.4. The molecule has 0 N–H and O–H groups in total. The molecule has 6 nitrogen and oxygen atoms in total. The van der Waals surface area contributed by atoms with Gasteiger partial charge in [0.1, 0.15) is 11.5 Å². The van der Waals surface area contributed by atoms with Crippen LogP contribution in [0.4, 0.5) is 0 Å². The van der Waals surface area contributed by atoms with E-state index < -0.39 is 0 Å². The standard InChI is InChI=1S/C40H46O6/c41-35(45-23-39-15-25-9-26(16-39)11-27(10-25)17-39)21-43-37-31-5-1-2-6-32(31)38(34-8-4-3-7-33(34)37)44-22-36(42)46-24-40-18-28-12-29(19-40)14-30(13-28)20-40/h1-8,25-30H,9-24H2. The average molecular weight is 623 g/mol. The van der Waals surface area contributed by atoms with Gasteiger partial charge >= 0.3 is 11.9 Å². The molecule has 0 spiro atoms. The minimum absolute atomic E-state index is 0.142. The molecule has 11 rings (SSSR count). The van der Waals surface area contributed by atoms with Gasteiger partial charge in [-0.1, -0.05) is 48.5 Å². The Hall–Kier alpha value is -3.28. The van der Waals surface area contributed by atoms with E-state index in [0.29, 0.717) is 24.7 Å². The molecule has 3 aromatic rings. The topological polar surface area (TPSA) is 71.1 Å². The number of hydrogen-bond acceptors (Lipinski definition) is 6. The molecule has 0 unspecified atom stereocenters. The van der Waals surface area contributed by atoms with Crippen molar-refractivity contribution < 1.29 is 28.5 Å². The fraction of sp³-hybridized carbons (Fsp3) is 0.600. The smallest absolute Gasteiger partial charge is 0.344 e. The van der Waals surface area contributed by atoms with Crippen LogP contribution in [0.2, 0.25) is 0 Å². The summed E-state index contributed by atoms with van der Waals surface area (Å²) in [6, 6.07) is 15.8. The maximum absolute atomic E-state index is 13.1. The lowest BCUT2D eigenvalue weighted by atomic mass is 9.50. The Morgan fingerprint density at radius 1 is 0.500 bits per heavy atom. The third-order valence-electron chi connectivity index (χ3n) is 12.9. The van der Waals surface area contributed by atoms with Gasteiger partial charge in [0, 0.05) is 32.4 Å². The predicted octanol–water partition coefficient (Wildman–Crippen LogP) is 8.27. The van der Waals surface area contributed by atoms with Crippen LogP contribution in [0, 0.1) is 46.3 Å². The van der Waals surface area contributed by atoms with Crippen LogP contribution in [-0.4, -0.2) is 38.4 Å². The highest BCUT2D eigenvalue weighted by atomic mass is 16.6. The summed E-state index contributed by atoms with van der Waals surface area (Å²) in [4.78, 5) is 26.1. The highest BCUT2D eigenvalue weighted by Gasteiger charge is 2.52. The second-order valence-electron chi connectivity index (χ2n) is 16.5. The summed E-state index contributed by atoms with van der Waals surface area (Å²) in [5, 5.41) is 3.36. The van der Waals surface area contributed by atoms with Crippen LogP contribution >= 0.6 is 0 Å². The van der Waals surface area contributed by atoms with Gasteiger partial charge in [0.15, 0.2) is 13.2 Å². The Bertz CT molecular complexity index is 1420. The number of carbonyl (C=O) groups excluding carboxylic acids is 2. The quantitative estimate of drug-likeness (QED) is 0.167. The molecule has 0 aromatic heterocycles. The van der Waals surface area contributed by atoms with E-state index in [2.05, 4.69) is 0 Å². The zero-order valence-electron chi connectivity index (χ0n) is 26.8. The molecule has 0 amide bonds. The largest absolute Gasteiger partial charge is 0.481 e. The maximum atomic E-state index is 13.1. The van der Waals surface area contributed by atoms with E-state index in [1.807, 2.05) is 48.5 Å². The Morgan fingerprint density at radius 3 is 1.07 bits per heavy atom. The second kappa shape index (κ2) is 11.2. The Morgan fingerprint density at radius 2 is 0.783 bits per heavy atom. The molecule has 0 saturated heterocycles. The van der Waals surface area contributed by atoms with Crippen LogP contribution in [0.5, 0.6) is 11.5 Å². The highest BCUT2D eigenvalue weighted by Crippen LogP contribution is 2.61. The minimum Gasteiger partial charge on any atom is -0.481 e. The summed E-state index contributed by atoms with van der Waals surface area (Å²) in [6.45, 7) is 0.756. The van der Waals surface area contributed by atoms with E-state index in [9.17, 15) is 9.59 Å². The van der Waals surface area contributed by atoms with Crippen LogP contribution < -0.4 is 9.47 Å². The monoisotopic (exact) mass is 622 g/mol. The van der Waals surface area contributed by atoms with E-state index >= 15 is 0 Å². The lowest BCUT2D eigenvalue weighted by Crippen LogP contribution is -2.48. The average Bonchev–Trinajstić information content (AvgIpc) is 3.03. The van der Waals surface area contributed by atoms with Crippen molar-refractivity contribution in [1.82, 2.24) is 0 Å². The van der Waals surface area contributed by atoms with Gasteiger partial charge in [0.2, 0.25) is 0 Å². The number of benzene rings is 3. The first-order valence-electron chi connectivity index (χ1n) is 17.9. The van der Waals surface area contributed by atoms with Gasteiger partial charge in [0.25, 0.3) is 0 Å². The van der Waals surface area contributed by atoms with Crippen molar-refractivity contribution in [1.29, 1.82) is 0 Å². The van der Waals surface area contributed by atoms with E-state index in [-0.39, 0.29) is 36.0 Å². The molecular formula is C40H46O6. The van der Waals surface area contributed by atoms with Crippen molar-refractivity contribution in [2.24, 2.45) is 46.3 Å². The van der Waals surface area contributed by atoms with Gasteiger partial charge in [0.05, 0.1) is 13.2 Å². The molecule has 8 aliphatic rings. The Labute approximate surface area is 271 Å². The Kier molecular flexibility index (Phi) is 7.01. The molecule has 0 aliphatic heterocycles. The normalized spacial score (nSPS) is 35.0. The van der Waals surface area contributed by atoms with Gasteiger partial charge in [-0.25, -0.2) is 9.59 Å². The number of esters is 2. The van der Waals surface area contributed by atoms with E-state index in [1.165, 1.54) is 77.0 Å². The molecule has 0 radical (unpaired) electrons. The molecule has 0 heterocycles. The van der Waals surface area contributed by atoms with E-state index in [1.54, 1.807) is 0 Å². The summed E-state index contributed by atoms with van der Waals surface area (Å²) in [7, 11) is 0. The van der Waals surface area contributed by atoms with E-state index in [0.717, 1.165) is 57.1 Å². The molecule has 46 heavy (non-hydrogen) atoms. The molecule has 8 saturated carbocycles. The molecule has 0 atom stereocenters. The minimum atomic E-state index is -0.314. The van der Waals surface area contributed by atoms with Crippen LogP contribution in [0.3, 0.4) is 0 Å². The first kappa shape index (κ1) is 28.9. The lowest BCUT2D eigenvalue weighted by molar-refractivity contribution is -0.158.